The molecule has 3 saturated heterocycles. The first-order valence-corrected chi connectivity index (χ1v) is 9.18. The highest BCUT2D eigenvalue weighted by molar-refractivity contribution is 6.07. The number of β-amino-alcohol motifs (C(OH)–C–C–N with tert-alkyl or cyclic N) is 1. The van der Waals surface area contributed by atoms with Crippen molar-refractivity contribution in [1.29, 1.82) is 0 Å². The number of methoxy groups -OCH3 is 1. The fourth-order valence-electron chi connectivity index (χ4n) is 4.49. The number of halogens is 1. The van der Waals surface area contributed by atoms with Gasteiger partial charge in [0.1, 0.15) is 17.9 Å². The Kier molecular flexibility index (Phi) is 4.68. The number of amides is 2. The van der Waals surface area contributed by atoms with Crippen LogP contribution >= 0.6 is 0 Å². The summed E-state index contributed by atoms with van der Waals surface area (Å²) < 4.78 is 17.7. The van der Waals surface area contributed by atoms with Gasteiger partial charge in [-0.3, -0.25) is 29.1 Å². The standard InChI is InChI=1S/C19H22FN3O5/c1-28-16(25)9-22-17(26)15-6-14(24)8-23(15)19(18(22)27)10-21(11-19)7-12-2-4-13(20)5-3-12/h2-5,14-15,24H,6-11H2,1H3/t14-,15+/m1/s1. The maximum Gasteiger partial charge on any atom is 0.325 e. The van der Waals surface area contributed by atoms with Crippen LogP contribution in [0, 0.1) is 5.82 Å². The zero-order valence-corrected chi connectivity index (χ0v) is 15.5. The van der Waals surface area contributed by atoms with Gasteiger partial charge in [-0.05, 0) is 24.1 Å². The SMILES string of the molecule is COC(=O)CN1C(=O)[C@@H]2C[C@@H](O)CN2C2(CN(Cc3ccc(F)cc3)C2)C1=O. The minimum Gasteiger partial charge on any atom is -0.468 e. The van der Waals surface area contributed by atoms with Crippen LogP contribution in [0.15, 0.2) is 24.3 Å². The normalized spacial score (nSPS) is 27.0. The van der Waals surface area contributed by atoms with Crippen LogP contribution < -0.4 is 0 Å². The van der Waals surface area contributed by atoms with E-state index in [0.29, 0.717) is 19.6 Å². The molecule has 150 valence electrons. The van der Waals surface area contributed by atoms with E-state index in [1.54, 1.807) is 17.0 Å². The van der Waals surface area contributed by atoms with Crippen molar-refractivity contribution in [2.24, 2.45) is 0 Å². The average Bonchev–Trinajstić information content (AvgIpc) is 3.04. The number of aliphatic hydroxyl groups is 1. The predicted octanol–water partition coefficient (Wildman–Crippen LogP) is -0.643. The van der Waals surface area contributed by atoms with Gasteiger partial charge in [0.05, 0.1) is 19.3 Å². The van der Waals surface area contributed by atoms with Gasteiger partial charge in [-0.15, -0.1) is 0 Å². The van der Waals surface area contributed by atoms with Crippen LogP contribution in [0.5, 0.6) is 0 Å². The van der Waals surface area contributed by atoms with Crippen molar-refractivity contribution in [3.8, 4) is 0 Å². The Morgan fingerprint density at radius 1 is 1.29 bits per heavy atom. The molecule has 0 saturated carbocycles. The van der Waals surface area contributed by atoms with Gasteiger partial charge in [-0.25, -0.2) is 4.39 Å². The van der Waals surface area contributed by atoms with Gasteiger partial charge in [0, 0.05) is 26.2 Å². The van der Waals surface area contributed by atoms with Crippen molar-refractivity contribution < 1.29 is 28.6 Å². The number of carbonyl (C=O) groups is 3. The van der Waals surface area contributed by atoms with Gasteiger partial charge in [0.2, 0.25) is 5.91 Å². The molecule has 3 heterocycles. The fraction of sp³-hybridized carbons (Fsp3) is 0.526. The summed E-state index contributed by atoms with van der Waals surface area (Å²) in [6.45, 7) is 1.11. The topological polar surface area (TPSA) is 90.4 Å². The van der Waals surface area contributed by atoms with Crippen LogP contribution in [0.2, 0.25) is 0 Å². The number of nitrogens with zero attached hydrogens (tertiary/aromatic N) is 3. The highest BCUT2D eigenvalue weighted by atomic mass is 19.1. The average molecular weight is 391 g/mol. The second-order valence-corrected chi connectivity index (χ2v) is 7.67. The van der Waals surface area contributed by atoms with Crippen molar-refractivity contribution in [2.75, 3.05) is 33.3 Å². The monoisotopic (exact) mass is 391 g/mol. The Bertz CT molecular complexity index is 808. The van der Waals surface area contributed by atoms with Gasteiger partial charge in [-0.2, -0.15) is 0 Å². The first-order valence-electron chi connectivity index (χ1n) is 9.18. The summed E-state index contributed by atoms with van der Waals surface area (Å²) >= 11 is 0. The Morgan fingerprint density at radius 3 is 2.61 bits per heavy atom. The molecule has 9 heteroatoms. The van der Waals surface area contributed by atoms with Crippen LogP contribution in [0.1, 0.15) is 12.0 Å². The minimum atomic E-state index is -0.940. The highest BCUT2D eigenvalue weighted by Crippen LogP contribution is 2.40. The molecule has 3 aliphatic heterocycles. The zero-order chi connectivity index (χ0) is 20.1. The van der Waals surface area contributed by atoms with Gasteiger partial charge in [-0.1, -0.05) is 12.1 Å². The first-order chi connectivity index (χ1) is 13.3. The number of esters is 1. The van der Waals surface area contributed by atoms with Crippen LogP contribution in [0.25, 0.3) is 0 Å². The lowest BCUT2D eigenvalue weighted by molar-refractivity contribution is -0.183. The van der Waals surface area contributed by atoms with Crippen molar-refractivity contribution in [1.82, 2.24) is 14.7 Å². The van der Waals surface area contributed by atoms with Crippen LogP contribution in [0.3, 0.4) is 0 Å². The first kappa shape index (κ1) is 19.0. The molecular weight excluding hydrogens is 369 g/mol. The lowest BCUT2D eigenvalue weighted by Gasteiger charge is -2.58. The van der Waals surface area contributed by atoms with Gasteiger partial charge < -0.3 is 9.84 Å². The Hall–Kier alpha value is -2.36. The third-order valence-electron chi connectivity index (χ3n) is 5.83. The predicted molar refractivity (Wildman–Crippen MR) is 94.3 cm³/mol. The second kappa shape index (κ2) is 6.91. The van der Waals surface area contributed by atoms with Crippen LogP contribution in [-0.4, -0.2) is 88.6 Å². The van der Waals surface area contributed by atoms with E-state index in [1.165, 1.54) is 19.2 Å². The smallest absolute Gasteiger partial charge is 0.325 e. The molecule has 4 rings (SSSR count). The van der Waals surface area contributed by atoms with Gasteiger partial charge in [0.25, 0.3) is 5.91 Å². The van der Waals surface area contributed by atoms with Gasteiger partial charge >= 0.3 is 5.97 Å². The minimum absolute atomic E-state index is 0.240. The number of aliphatic hydroxyl groups excluding tert-OH is 1. The molecule has 3 fully saturated rings. The van der Waals surface area contributed by atoms with E-state index >= 15 is 0 Å². The number of carbonyl (C=O) groups excluding carboxylic acids is 3. The molecule has 0 aliphatic carbocycles. The molecule has 28 heavy (non-hydrogen) atoms. The van der Waals surface area contributed by atoms with E-state index in [4.69, 9.17) is 0 Å². The van der Waals surface area contributed by atoms with E-state index in [1.807, 2.05) is 4.90 Å². The maximum atomic E-state index is 13.2. The summed E-state index contributed by atoms with van der Waals surface area (Å²) in [7, 11) is 1.20. The highest BCUT2D eigenvalue weighted by Gasteiger charge is 2.64. The number of ether oxygens (including phenoxy) is 1. The number of hydrogen-bond donors (Lipinski definition) is 1. The molecule has 0 unspecified atom stereocenters. The van der Waals surface area contributed by atoms with Crippen molar-refractivity contribution in [2.45, 2.75) is 30.7 Å². The van der Waals surface area contributed by atoms with E-state index < -0.39 is 42.0 Å². The van der Waals surface area contributed by atoms with E-state index in [0.717, 1.165) is 10.5 Å². The largest absolute Gasteiger partial charge is 0.468 e. The van der Waals surface area contributed by atoms with E-state index in [2.05, 4.69) is 4.74 Å². The summed E-state index contributed by atoms with van der Waals surface area (Å²) in [4.78, 5) is 42.4. The van der Waals surface area contributed by atoms with Crippen molar-refractivity contribution in [3.63, 3.8) is 0 Å². The Morgan fingerprint density at radius 2 is 1.96 bits per heavy atom. The number of piperazine rings is 1. The van der Waals surface area contributed by atoms with Crippen LogP contribution in [-0.2, 0) is 25.7 Å². The summed E-state index contributed by atoms with van der Waals surface area (Å²) in [5.41, 5.74) is -0.0237. The van der Waals surface area contributed by atoms with E-state index in [-0.39, 0.29) is 18.8 Å². The van der Waals surface area contributed by atoms with Crippen molar-refractivity contribution in [3.05, 3.63) is 35.6 Å². The van der Waals surface area contributed by atoms with Crippen LogP contribution in [0.4, 0.5) is 4.39 Å². The molecule has 1 N–H and O–H groups in total. The lowest BCUT2D eigenvalue weighted by atomic mass is 9.82. The number of likely N-dealkylation sites (tertiary alicyclic amines) is 1. The number of imide groups is 1. The molecule has 1 aromatic carbocycles. The molecule has 2 amide bonds. The number of hydrogen-bond acceptors (Lipinski definition) is 7. The summed E-state index contributed by atoms with van der Waals surface area (Å²) in [6, 6.07) is 5.54. The third kappa shape index (κ3) is 2.99. The number of fused-ring (bicyclic) bond motifs is 2. The number of rotatable bonds is 4. The summed E-state index contributed by atoms with van der Waals surface area (Å²) in [5.74, 6) is -1.86. The molecule has 0 aromatic heterocycles. The molecule has 8 nitrogen and oxygen atoms in total. The Balaban J connectivity index is 1.54. The zero-order valence-electron chi connectivity index (χ0n) is 15.5. The Labute approximate surface area is 161 Å². The molecule has 1 aromatic rings. The molecule has 1 spiro atoms. The molecule has 3 aliphatic rings. The van der Waals surface area contributed by atoms with Gasteiger partial charge in [0.15, 0.2) is 0 Å². The molecule has 0 radical (unpaired) electrons. The summed E-state index contributed by atoms with van der Waals surface area (Å²) in [5, 5.41) is 10.1. The third-order valence-corrected chi connectivity index (χ3v) is 5.83. The second-order valence-electron chi connectivity index (χ2n) is 7.67. The maximum absolute atomic E-state index is 13.2. The van der Waals surface area contributed by atoms with Crippen molar-refractivity contribution >= 4 is 17.8 Å². The number of benzene rings is 1. The van der Waals surface area contributed by atoms with E-state index in [9.17, 15) is 23.9 Å². The molecule has 0 bridgehead atoms. The summed E-state index contributed by atoms with van der Waals surface area (Å²) in [6.07, 6.45) is -0.452. The quantitative estimate of drug-likeness (QED) is 0.539. The molecular formula is C19H22FN3O5. The molecule has 2 atom stereocenters. The lowest BCUT2D eigenvalue weighted by Crippen LogP contribution is -2.81. The fourth-order valence-corrected chi connectivity index (χ4v) is 4.49.